The molecule has 1 amide bonds. The maximum Gasteiger partial charge on any atom is 0.253 e. The number of carbonyl (C=O) groups excluding carboxylic acids is 1. The molecule has 1 aliphatic carbocycles. The highest BCUT2D eigenvalue weighted by Crippen LogP contribution is 2.21. The van der Waals surface area contributed by atoms with Gasteiger partial charge in [-0.15, -0.1) is 0 Å². The first-order valence-electron chi connectivity index (χ1n) is 9.10. The number of benzene rings is 1. The second kappa shape index (κ2) is 8.32. The summed E-state index contributed by atoms with van der Waals surface area (Å²) in [4.78, 5) is 14.6. The lowest BCUT2D eigenvalue weighted by atomic mass is 10.0. The minimum absolute atomic E-state index is 0.0121. The summed E-state index contributed by atoms with van der Waals surface area (Å²) in [5.74, 6) is 0.346. The van der Waals surface area contributed by atoms with E-state index in [1.807, 2.05) is 6.92 Å². The molecule has 0 heterocycles. The van der Waals surface area contributed by atoms with E-state index in [1.54, 1.807) is 30.1 Å². The molecule has 1 fully saturated rings. The van der Waals surface area contributed by atoms with E-state index in [2.05, 4.69) is 18.6 Å². The maximum atomic E-state index is 12.7. The lowest BCUT2D eigenvalue weighted by Crippen LogP contribution is -2.36. The molecule has 25 heavy (non-hydrogen) atoms. The Kier molecular flexibility index (Phi) is 6.63. The van der Waals surface area contributed by atoms with Gasteiger partial charge in [0.1, 0.15) is 0 Å². The van der Waals surface area contributed by atoms with Gasteiger partial charge in [0, 0.05) is 24.7 Å². The second-order valence-corrected chi connectivity index (χ2v) is 9.24. The van der Waals surface area contributed by atoms with Gasteiger partial charge in [0.15, 0.2) is 0 Å². The quantitative estimate of drug-likeness (QED) is 0.804. The van der Waals surface area contributed by atoms with Crippen LogP contribution in [0.15, 0.2) is 29.2 Å². The molecule has 2 rings (SSSR count). The molecular weight excluding hydrogens is 336 g/mol. The Morgan fingerprint density at radius 2 is 1.88 bits per heavy atom. The third-order valence-electron chi connectivity index (χ3n) is 4.86. The van der Waals surface area contributed by atoms with Crippen molar-refractivity contribution in [2.75, 3.05) is 7.05 Å². The standard InChI is InChI=1S/C19H30N2O3S/c1-14(2)12-15(3)21(4)19(22)16-8-7-11-18(13-16)25(23,24)20-17-9-5-6-10-17/h7-8,11,13-15,17,20H,5-6,9-10,12H2,1-4H3. The highest BCUT2D eigenvalue weighted by Gasteiger charge is 2.24. The molecule has 0 aliphatic heterocycles. The van der Waals surface area contributed by atoms with Crippen LogP contribution in [-0.2, 0) is 10.0 Å². The Hall–Kier alpha value is -1.40. The van der Waals surface area contributed by atoms with Crippen LogP contribution < -0.4 is 4.72 Å². The highest BCUT2D eigenvalue weighted by molar-refractivity contribution is 7.89. The SMILES string of the molecule is CC(C)CC(C)N(C)C(=O)c1cccc(S(=O)(=O)NC2CCCC2)c1. The largest absolute Gasteiger partial charge is 0.339 e. The Labute approximate surface area is 151 Å². The van der Waals surface area contributed by atoms with E-state index in [1.165, 1.54) is 6.07 Å². The molecule has 1 atom stereocenters. The number of hydrogen-bond donors (Lipinski definition) is 1. The fourth-order valence-electron chi connectivity index (χ4n) is 3.37. The summed E-state index contributed by atoms with van der Waals surface area (Å²) >= 11 is 0. The van der Waals surface area contributed by atoms with Gasteiger partial charge in [-0.2, -0.15) is 0 Å². The molecule has 6 heteroatoms. The minimum Gasteiger partial charge on any atom is -0.339 e. The summed E-state index contributed by atoms with van der Waals surface area (Å²) < 4.78 is 27.9. The Morgan fingerprint density at radius 3 is 2.48 bits per heavy atom. The zero-order valence-corrected chi connectivity index (χ0v) is 16.5. The third-order valence-corrected chi connectivity index (χ3v) is 6.38. The molecule has 0 saturated heterocycles. The van der Waals surface area contributed by atoms with Crippen LogP contribution in [0.2, 0.25) is 0 Å². The first-order valence-corrected chi connectivity index (χ1v) is 10.6. The predicted octanol–water partition coefficient (Wildman–Crippen LogP) is 3.41. The Morgan fingerprint density at radius 1 is 1.24 bits per heavy atom. The van der Waals surface area contributed by atoms with Crippen molar-refractivity contribution in [1.82, 2.24) is 9.62 Å². The van der Waals surface area contributed by atoms with Gasteiger partial charge in [-0.1, -0.05) is 32.8 Å². The number of carbonyl (C=O) groups is 1. The molecule has 140 valence electrons. The highest BCUT2D eigenvalue weighted by atomic mass is 32.2. The average Bonchev–Trinajstić information content (AvgIpc) is 3.05. The smallest absolute Gasteiger partial charge is 0.253 e. The van der Waals surface area contributed by atoms with Gasteiger partial charge in [0.25, 0.3) is 5.91 Å². The van der Waals surface area contributed by atoms with Gasteiger partial charge in [-0.3, -0.25) is 4.79 Å². The lowest BCUT2D eigenvalue weighted by Gasteiger charge is -2.26. The van der Waals surface area contributed by atoms with Crippen molar-refractivity contribution in [2.45, 2.75) is 69.9 Å². The molecular formula is C19H30N2O3S. The van der Waals surface area contributed by atoms with Crippen LogP contribution in [0.1, 0.15) is 63.2 Å². The first kappa shape index (κ1) is 19.9. The molecule has 1 aromatic rings. The van der Waals surface area contributed by atoms with Crippen LogP contribution >= 0.6 is 0 Å². The fraction of sp³-hybridized carbons (Fsp3) is 0.632. The van der Waals surface area contributed by atoms with Crippen molar-refractivity contribution < 1.29 is 13.2 Å². The summed E-state index contributed by atoms with van der Waals surface area (Å²) in [6.07, 6.45) is 4.79. The molecule has 0 aromatic heterocycles. The van der Waals surface area contributed by atoms with Gasteiger partial charge in [-0.25, -0.2) is 13.1 Å². The number of hydrogen-bond acceptors (Lipinski definition) is 3. The monoisotopic (exact) mass is 366 g/mol. The van der Waals surface area contributed by atoms with Crippen molar-refractivity contribution in [3.63, 3.8) is 0 Å². The summed E-state index contributed by atoms with van der Waals surface area (Å²) in [7, 11) is -1.81. The van der Waals surface area contributed by atoms with E-state index < -0.39 is 10.0 Å². The first-order chi connectivity index (χ1) is 11.7. The number of sulfonamides is 1. The minimum atomic E-state index is -3.59. The summed E-state index contributed by atoms with van der Waals surface area (Å²) in [6, 6.07) is 6.46. The van der Waals surface area contributed by atoms with E-state index in [-0.39, 0.29) is 22.9 Å². The molecule has 0 bridgehead atoms. The van der Waals surface area contributed by atoms with Crippen LogP contribution in [0.5, 0.6) is 0 Å². The number of nitrogens with zero attached hydrogens (tertiary/aromatic N) is 1. The van der Waals surface area contributed by atoms with Crippen LogP contribution in [0.25, 0.3) is 0 Å². The van der Waals surface area contributed by atoms with Crippen LogP contribution in [0, 0.1) is 5.92 Å². The van der Waals surface area contributed by atoms with Crippen molar-refractivity contribution >= 4 is 15.9 Å². The molecule has 1 aromatic carbocycles. The second-order valence-electron chi connectivity index (χ2n) is 7.53. The maximum absolute atomic E-state index is 12.7. The lowest BCUT2D eigenvalue weighted by molar-refractivity contribution is 0.0728. The molecule has 1 aliphatic rings. The van der Waals surface area contributed by atoms with Gasteiger partial charge in [0.2, 0.25) is 10.0 Å². The van der Waals surface area contributed by atoms with E-state index in [9.17, 15) is 13.2 Å². The van der Waals surface area contributed by atoms with Gasteiger partial charge >= 0.3 is 0 Å². The third kappa shape index (κ3) is 5.28. The predicted molar refractivity (Wildman–Crippen MR) is 100 cm³/mol. The molecule has 1 N–H and O–H groups in total. The van der Waals surface area contributed by atoms with E-state index in [0.29, 0.717) is 11.5 Å². The van der Waals surface area contributed by atoms with E-state index >= 15 is 0 Å². The van der Waals surface area contributed by atoms with Crippen molar-refractivity contribution in [1.29, 1.82) is 0 Å². The number of amides is 1. The summed E-state index contributed by atoms with van der Waals surface area (Å²) in [5.41, 5.74) is 0.410. The van der Waals surface area contributed by atoms with Gasteiger partial charge in [0.05, 0.1) is 4.90 Å². The summed E-state index contributed by atoms with van der Waals surface area (Å²) in [5, 5.41) is 0. The van der Waals surface area contributed by atoms with Crippen LogP contribution in [0.4, 0.5) is 0 Å². The molecule has 1 saturated carbocycles. The molecule has 1 unspecified atom stereocenters. The van der Waals surface area contributed by atoms with Crippen LogP contribution in [0.3, 0.4) is 0 Å². The van der Waals surface area contributed by atoms with Gasteiger partial charge < -0.3 is 4.90 Å². The normalized spacial score (nSPS) is 17.0. The van der Waals surface area contributed by atoms with Crippen molar-refractivity contribution in [2.24, 2.45) is 5.92 Å². The molecule has 0 radical (unpaired) electrons. The average molecular weight is 367 g/mol. The van der Waals surface area contributed by atoms with Crippen LogP contribution in [-0.4, -0.2) is 38.4 Å². The Bertz CT molecular complexity index is 694. The topological polar surface area (TPSA) is 66.5 Å². The van der Waals surface area contributed by atoms with E-state index in [4.69, 9.17) is 0 Å². The summed E-state index contributed by atoms with van der Waals surface area (Å²) in [6.45, 7) is 6.26. The van der Waals surface area contributed by atoms with Gasteiger partial charge in [-0.05, 0) is 50.3 Å². The van der Waals surface area contributed by atoms with E-state index in [0.717, 1.165) is 32.1 Å². The number of nitrogens with one attached hydrogen (secondary N) is 1. The fourth-order valence-corrected chi connectivity index (χ4v) is 4.72. The molecule has 5 nitrogen and oxygen atoms in total. The number of rotatable bonds is 7. The molecule has 0 spiro atoms. The zero-order valence-electron chi connectivity index (χ0n) is 15.7. The Balaban J connectivity index is 2.15. The van der Waals surface area contributed by atoms with Crippen molar-refractivity contribution in [3.8, 4) is 0 Å². The van der Waals surface area contributed by atoms with Crippen molar-refractivity contribution in [3.05, 3.63) is 29.8 Å². The zero-order chi connectivity index (χ0) is 18.6.